The highest BCUT2D eigenvalue weighted by molar-refractivity contribution is 6.24. The Morgan fingerprint density at radius 2 is 1.62 bits per heavy atom. The maximum atomic E-state index is 12.8. The zero-order valence-corrected chi connectivity index (χ0v) is 11.3. The number of carbonyl (C=O) groups is 2. The zero-order valence-electron chi connectivity index (χ0n) is 11.3. The molecule has 4 nitrogen and oxygen atoms in total. The van der Waals surface area contributed by atoms with Crippen LogP contribution >= 0.6 is 0 Å². The molecule has 4 heteroatoms. The van der Waals surface area contributed by atoms with E-state index in [1.54, 1.807) is 12.1 Å². The molecule has 21 heavy (non-hydrogen) atoms. The molecule has 104 valence electrons. The average molecular weight is 278 g/mol. The molecule has 0 radical (unpaired) electrons. The number of imide groups is 1. The standard InChI is InChI=1S/C17H14N2O2/c20-16-13-10-18-14-9-5-4-8-12(14)15(13)17(21)19(16)11-6-2-1-3-7-11/h1-9,13,15,18H,10H2/t13-,15+/m1/s1. The fraction of sp³-hybridized carbons (Fsp3) is 0.176. The highest BCUT2D eigenvalue weighted by Gasteiger charge is 2.50. The summed E-state index contributed by atoms with van der Waals surface area (Å²) in [7, 11) is 0. The van der Waals surface area contributed by atoms with Gasteiger partial charge in [0.1, 0.15) is 0 Å². The molecule has 2 aliphatic heterocycles. The first-order valence-electron chi connectivity index (χ1n) is 7.03. The SMILES string of the molecule is O=C1[C@@H]2CNc3ccccc3[C@@H]2C(=O)N1c1ccccc1. The molecule has 2 aliphatic rings. The Morgan fingerprint density at radius 1 is 0.905 bits per heavy atom. The lowest BCUT2D eigenvalue weighted by Crippen LogP contribution is -2.32. The Hall–Kier alpha value is -2.62. The van der Waals surface area contributed by atoms with Crippen LogP contribution in [0.25, 0.3) is 0 Å². The van der Waals surface area contributed by atoms with E-state index in [1.165, 1.54) is 4.90 Å². The molecule has 2 heterocycles. The normalized spacial score (nSPS) is 23.5. The molecule has 2 aromatic rings. The van der Waals surface area contributed by atoms with Crippen molar-refractivity contribution in [3.8, 4) is 0 Å². The van der Waals surface area contributed by atoms with Gasteiger partial charge >= 0.3 is 0 Å². The van der Waals surface area contributed by atoms with Crippen LogP contribution in [-0.2, 0) is 9.59 Å². The van der Waals surface area contributed by atoms with Crippen molar-refractivity contribution in [2.24, 2.45) is 5.92 Å². The topological polar surface area (TPSA) is 49.4 Å². The van der Waals surface area contributed by atoms with Gasteiger partial charge in [-0.1, -0.05) is 36.4 Å². The Labute approximate surface area is 122 Å². The van der Waals surface area contributed by atoms with Gasteiger partial charge in [-0.3, -0.25) is 9.59 Å². The van der Waals surface area contributed by atoms with Crippen LogP contribution in [0, 0.1) is 5.92 Å². The van der Waals surface area contributed by atoms with Gasteiger partial charge in [0.25, 0.3) is 0 Å². The van der Waals surface area contributed by atoms with Crippen LogP contribution in [0.2, 0.25) is 0 Å². The maximum Gasteiger partial charge on any atom is 0.242 e. The fourth-order valence-corrected chi connectivity index (χ4v) is 3.26. The Balaban J connectivity index is 1.81. The monoisotopic (exact) mass is 278 g/mol. The minimum absolute atomic E-state index is 0.113. The van der Waals surface area contributed by atoms with Gasteiger partial charge in [-0.25, -0.2) is 4.90 Å². The van der Waals surface area contributed by atoms with Gasteiger partial charge in [0, 0.05) is 12.2 Å². The van der Waals surface area contributed by atoms with Crippen molar-refractivity contribution in [2.75, 3.05) is 16.8 Å². The highest BCUT2D eigenvalue weighted by atomic mass is 16.2. The van der Waals surface area contributed by atoms with Gasteiger partial charge in [0.05, 0.1) is 17.5 Å². The lowest BCUT2D eigenvalue weighted by Gasteiger charge is -2.25. The number of anilines is 2. The van der Waals surface area contributed by atoms with Crippen LogP contribution in [0.1, 0.15) is 11.5 Å². The average Bonchev–Trinajstić information content (AvgIpc) is 2.80. The summed E-state index contributed by atoms with van der Waals surface area (Å²) in [6.45, 7) is 0.510. The third kappa shape index (κ3) is 1.69. The van der Waals surface area contributed by atoms with E-state index in [4.69, 9.17) is 0 Å². The van der Waals surface area contributed by atoms with Crippen molar-refractivity contribution in [1.29, 1.82) is 0 Å². The molecule has 2 atom stereocenters. The predicted molar refractivity (Wildman–Crippen MR) is 80.1 cm³/mol. The molecule has 0 bridgehead atoms. The predicted octanol–water partition coefficient (Wildman–Crippen LogP) is 2.39. The summed E-state index contributed by atoms with van der Waals surface area (Å²) < 4.78 is 0. The lowest BCUT2D eigenvalue weighted by molar-refractivity contribution is -0.122. The summed E-state index contributed by atoms with van der Waals surface area (Å²) in [6.07, 6.45) is 0. The number of hydrogen-bond acceptors (Lipinski definition) is 3. The van der Waals surface area contributed by atoms with Gasteiger partial charge in [-0.05, 0) is 23.8 Å². The largest absolute Gasteiger partial charge is 0.384 e. The van der Waals surface area contributed by atoms with Gasteiger partial charge < -0.3 is 5.32 Å². The number of fused-ring (bicyclic) bond motifs is 3. The van der Waals surface area contributed by atoms with Crippen LogP contribution in [0.4, 0.5) is 11.4 Å². The van der Waals surface area contributed by atoms with Gasteiger partial charge in [0.15, 0.2) is 0 Å². The minimum Gasteiger partial charge on any atom is -0.384 e. The molecule has 2 aromatic carbocycles. The second-order valence-corrected chi connectivity index (χ2v) is 5.40. The number of rotatable bonds is 1. The molecular formula is C17H14N2O2. The molecule has 0 saturated carbocycles. The quantitative estimate of drug-likeness (QED) is 0.815. The summed E-state index contributed by atoms with van der Waals surface area (Å²) in [6, 6.07) is 16.9. The van der Waals surface area contributed by atoms with Gasteiger partial charge in [0.2, 0.25) is 11.8 Å². The van der Waals surface area contributed by atoms with Gasteiger partial charge in [-0.15, -0.1) is 0 Å². The molecule has 0 aliphatic carbocycles. The number of benzene rings is 2. The van der Waals surface area contributed by atoms with Crippen molar-refractivity contribution >= 4 is 23.2 Å². The summed E-state index contributed by atoms with van der Waals surface area (Å²) in [4.78, 5) is 26.7. The second-order valence-electron chi connectivity index (χ2n) is 5.40. The molecule has 1 N–H and O–H groups in total. The third-order valence-corrected chi connectivity index (χ3v) is 4.25. The van der Waals surface area contributed by atoms with Crippen LogP contribution in [0.5, 0.6) is 0 Å². The maximum absolute atomic E-state index is 12.8. The van der Waals surface area contributed by atoms with E-state index in [2.05, 4.69) is 5.32 Å². The van der Waals surface area contributed by atoms with E-state index in [0.717, 1.165) is 11.3 Å². The smallest absolute Gasteiger partial charge is 0.242 e. The summed E-state index contributed by atoms with van der Waals surface area (Å²) in [5, 5.41) is 3.26. The van der Waals surface area contributed by atoms with Crippen molar-refractivity contribution in [3.63, 3.8) is 0 Å². The highest BCUT2D eigenvalue weighted by Crippen LogP contribution is 2.43. The van der Waals surface area contributed by atoms with Crippen molar-refractivity contribution in [2.45, 2.75) is 5.92 Å². The van der Waals surface area contributed by atoms with E-state index in [0.29, 0.717) is 12.2 Å². The van der Waals surface area contributed by atoms with Gasteiger partial charge in [-0.2, -0.15) is 0 Å². The van der Waals surface area contributed by atoms with E-state index in [9.17, 15) is 9.59 Å². The first-order valence-corrected chi connectivity index (χ1v) is 7.03. The van der Waals surface area contributed by atoms with Crippen LogP contribution in [-0.4, -0.2) is 18.4 Å². The van der Waals surface area contributed by atoms with Crippen molar-refractivity contribution in [3.05, 3.63) is 60.2 Å². The number of carbonyl (C=O) groups excluding carboxylic acids is 2. The minimum atomic E-state index is -0.366. The lowest BCUT2D eigenvalue weighted by atomic mass is 9.84. The van der Waals surface area contributed by atoms with Crippen LogP contribution < -0.4 is 10.2 Å². The molecule has 0 aromatic heterocycles. The molecule has 1 fully saturated rings. The zero-order chi connectivity index (χ0) is 14.4. The summed E-state index contributed by atoms with van der Waals surface area (Å²) in [5.74, 6) is -0.911. The molecule has 4 rings (SSSR count). The van der Waals surface area contributed by atoms with Crippen molar-refractivity contribution < 1.29 is 9.59 Å². The molecule has 1 saturated heterocycles. The fourth-order valence-electron chi connectivity index (χ4n) is 3.26. The molecule has 0 spiro atoms. The number of nitrogens with one attached hydrogen (secondary N) is 1. The summed E-state index contributed by atoms with van der Waals surface area (Å²) in [5.41, 5.74) is 2.53. The first kappa shape index (κ1) is 12.1. The first-order chi connectivity index (χ1) is 10.3. The molecule has 0 unspecified atom stereocenters. The number of para-hydroxylation sites is 2. The Morgan fingerprint density at radius 3 is 2.43 bits per heavy atom. The second kappa shape index (κ2) is 4.45. The summed E-state index contributed by atoms with van der Waals surface area (Å²) >= 11 is 0. The Kier molecular flexibility index (Phi) is 2.57. The van der Waals surface area contributed by atoms with Crippen LogP contribution in [0.3, 0.4) is 0 Å². The van der Waals surface area contributed by atoms with Crippen molar-refractivity contribution in [1.82, 2.24) is 0 Å². The molecule has 2 amide bonds. The van der Waals surface area contributed by atoms with Crippen LogP contribution in [0.15, 0.2) is 54.6 Å². The Bertz CT molecular complexity index is 727. The van der Waals surface area contributed by atoms with E-state index < -0.39 is 0 Å². The molecular weight excluding hydrogens is 264 g/mol. The number of hydrogen-bond donors (Lipinski definition) is 1. The number of nitrogens with zero attached hydrogens (tertiary/aromatic N) is 1. The van der Waals surface area contributed by atoms with E-state index in [1.807, 2.05) is 42.5 Å². The number of amides is 2. The van der Waals surface area contributed by atoms with E-state index >= 15 is 0 Å². The van der Waals surface area contributed by atoms with E-state index in [-0.39, 0.29) is 23.7 Å². The third-order valence-electron chi connectivity index (χ3n) is 4.25.